The maximum absolute atomic E-state index is 11.2. The molecule has 0 saturated carbocycles. The van der Waals surface area contributed by atoms with Crippen molar-refractivity contribution < 1.29 is 14.8 Å². The van der Waals surface area contributed by atoms with Gasteiger partial charge in [0.05, 0.1) is 21.9 Å². The molecule has 2 aromatic carbocycles. The van der Waals surface area contributed by atoms with Gasteiger partial charge in [0.25, 0.3) is 5.69 Å². The van der Waals surface area contributed by atoms with Gasteiger partial charge in [-0.2, -0.15) is 0 Å². The first-order valence-electron chi connectivity index (χ1n) is 5.63. The molecule has 0 aliphatic carbocycles. The minimum absolute atomic E-state index is 0.0525. The van der Waals surface area contributed by atoms with Crippen molar-refractivity contribution in [2.45, 2.75) is 0 Å². The smallest absolute Gasteiger partial charge is 0.337 e. The summed E-state index contributed by atoms with van der Waals surface area (Å²) in [6.07, 6.45) is 0. The lowest BCUT2D eigenvalue weighted by Gasteiger charge is -2.12. The number of hydrogen-bond acceptors (Lipinski definition) is 4. The van der Waals surface area contributed by atoms with E-state index in [0.717, 1.165) is 6.07 Å². The molecule has 108 valence electrons. The van der Waals surface area contributed by atoms with Crippen LogP contribution in [0.25, 0.3) is 0 Å². The zero-order chi connectivity index (χ0) is 15.6. The fraction of sp³-hybridized carbons (Fsp3) is 0. The molecule has 0 unspecified atom stereocenters. The van der Waals surface area contributed by atoms with Gasteiger partial charge in [-0.1, -0.05) is 6.07 Å². The molecule has 0 atom stereocenters. The summed E-state index contributed by atoms with van der Waals surface area (Å²) >= 11 is 6.68. The van der Waals surface area contributed by atoms with Gasteiger partial charge in [-0.25, -0.2) is 4.79 Å². The third-order valence-electron chi connectivity index (χ3n) is 2.67. The Morgan fingerprint density at radius 3 is 2.33 bits per heavy atom. The molecule has 0 aliphatic rings. The van der Waals surface area contributed by atoms with Crippen LogP contribution in [-0.4, -0.2) is 16.0 Å². The summed E-state index contributed by atoms with van der Waals surface area (Å²) in [5, 5.41) is 22.9. The van der Waals surface area contributed by atoms with Gasteiger partial charge >= 0.3 is 5.97 Å². The minimum Gasteiger partial charge on any atom is -0.478 e. The van der Waals surface area contributed by atoms with Crippen molar-refractivity contribution in [3.8, 4) is 0 Å². The van der Waals surface area contributed by atoms with Gasteiger partial charge in [0.1, 0.15) is 0 Å². The summed E-state index contributed by atoms with van der Waals surface area (Å²) in [7, 11) is 0. The lowest BCUT2D eigenvalue weighted by atomic mass is 10.1. The number of rotatable bonds is 4. The molecule has 0 amide bonds. The lowest BCUT2D eigenvalue weighted by Crippen LogP contribution is -2.04. The summed E-state index contributed by atoms with van der Waals surface area (Å²) in [5.74, 6) is -1.17. The van der Waals surface area contributed by atoms with E-state index in [1.165, 1.54) is 12.1 Å². The molecule has 0 aromatic heterocycles. The molecule has 0 bridgehead atoms. The Morgan fingerprint density at radius 1 is 1.19 bits per heavy atom. The van der Waals surface area contributed by atoms with Crippen LogP contribution in [0.15, 0.2) is 45.3 Å². The lowest BCUT2D eigenvalue weighted by molar-refractivity contribution is -0.384. The van der Waals surface area contributed by atoms with Crippen molar-refractivity contribution in [2.75, 3.05) is 5.32 Å². The summed E-state index contributed by atoms with van der Waals surface area (Å²) < 4.78 is 1.39. The Labute approximate surface area is 136 Å². The van der Waals surface area contributed by atoms with Gasteiger partial charge < -0.3 is 10.4 Å². The van der Waals surface area contributed by atoms with Crippen LogP contribution in [-0.2, 0) is 0 Å². The van der Waals surface area contributed by atoms with Crippen molar-refractivity contribution in [1.29, 1.82) is 0 Å². The fourth-order valence-corrected chi connectivity index (χ4v) is 2.88. The number of nitrogens with zero attached hydrogens (tertiary/aromatic N) is 1. The fourth-order valence-electron chi connectivity index (χ4n) is 1.69. The number of carboxylic acids is 1. The van der Waals surface area contributed by atoms with Crippen molar-refractivity contribution >= 4 is 54.9 Å². The van der Waals surface area contributed by atoms with Gasteiger partial charge in [-0.3, -0.25) is 10.1 Å². The Kier molecular flexibility index (Phi) is 4.59. The second-order valence-corrected chi connectivity index (χ2v) is 5.72. The van der Waals surface area contributed by atoms with E-state index >= 15 is 0 Å². The number of nitro groups is 1. The highest BCUT2D eigenvalue weighted by Crippen LogP contribution is 2.35. The predicted octanol–water partition coefficient (Wildman–Crippen LogP) is 4.56. The Morgan fingerprint density at radius 2 is 1.81 bits per heavy atom. The van der Waals surface area contributed by atoms with Crippen LogP contribution in [0.1, 0.15) is 10.4 Å². The number of anilines is 2. The second kappa shape index (κ2) is 6.23. The van der Waals surface area contributed by atoms with E-state index in [-0.39, 0.29) is 16.9 Å². The molecule has 0 heterocycles. The maximum Gasteiger partial charge on any atom is 0.337 e. The molecule has 0 spiro atoms. The van der Waals surface area contributed by atoms with Gasteiger partial charge in [0.2, 0.25) is 0 Å². The van der Waals surface area contributed by atoms with Crippen LogP contribution in [0.3, 0.4) is 0 Å². The van der Waals surface area contributed by atoms with E-state index in [0.29, 0.717) is 14.6 Å². The molecule has 0 saturated heterocycles. The monoisotopic (exact) mass is 414 g/mol. The number of benzene rings is 2. The van der Waals surface area contributed by atoms with E-state index in [4.69, 9.17) is 0 Å². The van der Waals surface area contributed by atoms with Gasteiger partial charge in [0.15, 0.2) is 0 Å². The van der Waals surface area contributed by atoms with Crippen LogP contribution in [0.4, 0.5) is 17.1 Å². The second-order valence-electron chi connectivity index (χ2n) is 4.01. The minimum atomic E-state index is -1.17. The summed E-state index contributed by atoms with van der Waals surface area (Å²) in [6, 6.07) is 8.88. The van der Waals surface area contributed by atoms with E-state index in [1.54, 1.807) is 18.2 Å². The van der Waals surface area contributed by atoms with Gasteiger partial charge in [-0.15, -0.1) is 0 Å². The predicted molar refractivity (Wildman–Crippen MR) is 85.2 cm³/mol. The van der Waals surface area contributed by atoms with E-state index in [1.807, 2.05) is 0 Å². The molecule has 0 radical (unpaired) electrons. The largest absolute Gasteiger partial charge is 0.478 e. The molecule has 6 nitrogen and oxygen atoms in total. The van der Waals surface area contributed by atoms with Crippen molar-refractivity contribution in [2.24, 2.45) is 0 Å². The number of halogens is 2. The first-order valence-corrected chi connectivity index (χ1v) is 7.21. The molecular weight excluding hydrogens is 408 g/mol. The first-order chi connectivity index (χ1) is 9.90. The molecular formula is C13H8Br2N2O4. The van der Waals surface area contributed by atoms with Crippen LogP contribution in [0, 0.1) is 10.1 Å². The Hall–Kier alpha value is -1.93. The molecule has 0 aliphatic heterocycles. The van der Waals surface area contributed by atoms with Crippen LogP contribution < -0.4 is 5.32 Å². The normalized spacial score (nSPS) is 10.2. The molecule has 21 heavy (non-hydrogen) atoms. The van der Waals surface area contributed by atoms with Crippen LogP contribution in [0.2, 0.25) is 0 Å². The Balaban J connectivity index is 2.53. The third kappa shape index (κ3) is 3.40. The Bertz CT molecular complexity index is 714. The highest BCUT2D eigenvalue weighted by molar-refractivity contribution is 9.11. The highest BCUT2D eigenvalue weighted by Gasteiger charge is 2.17. The number of carbonyl (C=O) groups is 1. The van der Waals surface area contributed by atoms with E-state index < -0.39 is 10.9 Å². The highest BCUT2D eigenvalue weighted by atomic mass is 79.9. The molecule has 2 aromatic rings. The number of aromatic carboxylic acids is 1. The number of carboxylic acid groups (broad SMARTS) is 1. The average Bonchev–Trinajstić information content (AvgIpc) is 2.42. The number of para-hydroxylation sites is 1. The van der Waals surface area contributed by atoms with E-state index in [2.05, 4.69) is 37.2 Å². The summed E-state index contributed by atoms with van der Waals surface area (Å²) in [6.45, 7) is 0. The molecule has 2 rings (SSSR count). The van der Waals surface area contributed by atoms with Gasteiger partial charge in [-0.05, 0) is 50.1 Å². The van der Waals surface area contributed by atoms with Crippen molar-refractivity contribution in [1.82, 2.24) is 0 Å². The van der Waals surface area contributed by atoms with Gasteiger partial charge in [0, 0.05) is 21.1 Å². The quantitative estimate of drug-likeness (QED) is 0.563. The molecule has 8 heteroatoms. The van der Waals surface area contributed by atoms with Crippen molar-refractivity contribution in [3.05, 3.63) is 61.0 Å². The maximum atomic E-state index is 11.2. The van der Waals surface area contributed by atoms with Crippen LogP contribution >= 0.6 is 31.9 Å². The SMILES string of the molecule is O=C(O)c1ccc([N+](=O)[O-])cc1Nc1c(Br)cccc1Br. The first kappa shape index (κ1) is 15.5. The number of non-ortho nitro benzene ring substituents is 1. The topological polar surface area (TPSA) is 92.5 Å². The summed E-state index contributed by atoms with van der Waals surface area (Å²) in [4.78, 5) is 21.5. The zero-order valence-corrected chi connectivity index (χ0v) is 13.5. The third-order valence-corrected chi connectivity index (χ3v) is 3.99. The van der Waals surface area contributed by atoms with E-state index in [9.17, 15) is 20.0 Å². The number of nitro benzene ring substituents is 1. The van der Waals surface area contributed by atoms with Crippen LogP contribution in [0.5, 0.6) is 0 Å². The standard InChI is InChI=1S/C13H8Br2N2O4/c14-9-2-1-3-10(15)12(9)16-11-6-7(17(20)21)4-5-8(11)13(18)19/h1-6,16H,(H,18,19). The average molecular weight is 416 g/mol. The number of hydrogen-bond donors (Lipinski definition) is 2. The van der Waals surface area contributed by atoms with Crippen molar-refractivity contribution in [3.63, 3.8) is 0 Å². The summed E-state index contributed by atoms with van der Waals surface area (Å²) in [5.41, 5.74) is 0.485. The molecule has 0 fully saturated rings. The zero-order valence-electron chi connectivity index (χ0n) is 10.3. The molecule has 2 N–H and O–H groups in total. The number of nitrogens with one attached hydrogen (secondary N) is 1.